The molecule has 2 heterocycles. The van der Waals surface area contributed by atoms with E-state index >= 15 is 0 Å². The lowest BCUT2D eigenvalue weighted by atomic mass is 9.86. The van der Waals surface area contributed by atoms with E-state index in [0.29, 0.717) is 6.04 Å². The second-order valence-electron chi connectivity index (χ2n) is 6.54. The van der Waals surface area contributed by atoms with Crippen molar-refractivity contribution in [3.63, 3.8) is 0 Å². The van der Waals surface area contributed by atoms with Gasteiger partial charge in [-0.15, -0.1) is 0 Å². The third-order valence-electron chi connectivity index (χ3n) is 4.96. The standard InChI is InChI=1S/C17H26N2O/c1-17(2,19-9-4-5-10-19)16(18-3)14-6-7-15-13(12-14)8-11-20-15/h6-7,12,16,18H,4-5,8-11H2,1-3H3. The van der Waals surface area contributed by atoms with Gasteiger partial charge in [-0.2, -0.15) is 0 Å². The topological polar surface area (TPSA) is 24.5 Å². The van der Waals surface area contributed by atoms with Gasteiger partial charge >= 0.3 is 0 Å². The Hall–Kier alpha value is -1.06. The zero-order valence-corrected chi connectivity index (χ0v) is 12.9. The highest BCUT2D eigenvalue weighted by atomic mass is 16.5. The van der Waals surface area contributed by atoms with Crippen molar-refractivity contribution in [3.8, 4) is 5.75 Å². The van der Waals surface area contributed by atoms with Crippen molar-refractivity contribution in [2.24, 2.45) is 0 Å². The number of ether oxygens (including phenoxy) is 1. The molecule has 110 valence electrons. The Labute approximate surface area is 122 Å². The summed E-state index contributed by atoms with van der Waals surface area (Å²) < 4.78 is 5.62. The Morgan fingerprint density at radius 2 is 2.00 bits per heavy atom. The number of likely N-dealkylation sites (tertiary alicyclic amines) is 1. The van der Waals surface area contributed by atoms with Crippen molar-refractivity contribution in [2.75, 3.05) is 26.7 Å². The van der Waals surface area contributed by atoms with Crippen LogP contribution in [0.25, 0.3) is 0 Å². The normalized spacial score (nSPS) is 20.8. The molecule has 3 heteroatoms. The number of likely N-dealkylation sites (N-methyl/N-ethyl adjacent to an activating group) is 1. The van der Waals surface area contributed by atoms with Gasteiger partial charge in [-0.25, -0.2) is 0 Å². The zero-order valence-electron chi connectivity index (χ0n) is 12.9. The zero-order chi connectivity index (χ0) is 14.2. The van der Waals surface area contributed by atoms with Gasteiger partial charge in [-0.05, 0) is 64.0 Å². The van der Waals surface area contributed by atoms with E-state index in [-0.39, 0.29) is 5.54 Å². The Morgan fingerprint density at radius 1 is 1.25 bits per heavy atom. The third kappa shape index (κ3) is 2.33. The minimum absolute atomic E-state index is 0.138. The number of nitrogens with one attached hydrogen (secondary N) is 1. The summed E-state index contributed by atoms with van der Waals surface area (Å²) in [4.78, 5) is 2.62. The molecule has 1 aromatic rings. The van der Waals surface area contributed by atoms with Crippen molar-refractivity contribution < 1.29 is 4.74 Å². The first kappa shape index (κ1) is 13.9. The van der Waals surface area contributed by atoms with Crippen molar-refractivity contribution >= 4 is 0 Å². The summed E-state index contributed by atoms with van der Waals surface area (Å²) in [6.45, 7) is 8.00. The average molecular weight is 274 g/mol. The highest BCUT2D eigenvalue weighted by molar-refractivity contribution is 5.41. The Bertz CT molecular complexity index is 478. The molecular formula is C17H26N2O. The van der Waals surface area contributed by atoms with Crippen LogP contribution < -0.4 is 10.1 Å². The second-order valence-corrected chi connectivity index (χ2v) is 6.54. The van der Waals surface area contributed by atoms with Crippen molar-refractivity contribution in [2.45, 2.75) is 44.7 Å². The van der Waals surface area contributed by atoms with Crippen LogP contribution >= 0.6 is 0 Å². The summed E-state index contributed by atoms with van der Waals surface area (Å²) in [5, 5.41) is 3.54. The molecule has 0 radical (unpaired) electrons. The van der Waals surface area contributed by atoms with E-state index < -0.39 is 0 Å². The van der Waals surface area contributed by atoms with Crippen LogP contribution in [-0.2, 0) is 6.42 Å². The molecule has 2 aliphatic heterocycles. The van der Waals surface area contributed by atoms with Gasteiger partial charge < -0.3 is 10.1 Å². The molecule has 1 N–H and O–H groups in total. The van der Waals surface area contributed by atoms with E-state index in [1.54, 1.807) is 0 Å². The maximum atomic E-state index is 5.62. The smallest absolute Gasteiger partial charge is 0.122 e. The predicted octanol–water partition coefficient (Wildman–Crippen LogP) is 2.76. The van der Waals surface area contributed by atoms with E-state index in [9.17, 15) is 0 Å². The number of benzene rings is 1. The molecule has 1 aromatic carbocycles. The van der Waals surface area contributed by atoms with Gasteiger partial charge in [0.2, 0.25) is 0 Å². The lowest BCUT2D eigenvalue weighted by Crippen LogP contribution is -2.50. The minimum Gasteiger partial charge on any atom is -0.493 e. The van der Waals surface area contributed by atoms with Crippen LogP contribution in [0.2, 0.25) is 0 Å². The number of hydrogen-bond donors (Lipinski definition) is 1. The van der Waals surface area contributed by atoms with Crippen molar-refractivity contribution in [3.05, 3.63) is 29.3 Å². The lowest BCUT2D eigenvalue weighted by Gasteiger charge is -2.42. The molecular weight excluding hydrogens is 248 g/mol. The number of fused-ring (bicyclic) bond motifs is 1. The monoisotopic (exact) mass is 274 g/mol. The van der Waals surface area contributed by atoms with Crippen LogP contribution in [0.1, 0.15) is 43.9 Å². The molecule has 0 amide bonds. The largest absolute Gasteiger partial charge is 0.493 e. The first-order valence-corrected chi connectivity index (χ1v) is 7.81. The average Bonchev–Trinajstić information content (AvgIpc) is 3.10. The Balaban J connectivity index is 1.88. The van der Waals surface area contributed by atoms with Crippen LogP contribution in [-0.4, -0.2) is 37.2 Å². The van der Waals surface area contributed by atoms with E-state index in [0.717, 1.165) is 18.8 Å². The van der Waals surface area contributed by atoms with E-state index in [1.807, 2.05) is 0 Å². The van der Waals surface area contributed by atoms with E-state index in [4.69, 9.17) is 4.74 Å². The van der Waals surface area contributed by atoms with Crippen LogP contribution in [0.15, 0.2) is 18.2 Å². The quantitative estimate of drug-likeness (QED) is 0.913. The number of rotatable bonds is 4. The second kappa shape index (κ2) is 5.38. The maximum Gasteiger partial charge on any atom is 0.122 e. The van der Waals surface area contributed by atoms with Gasteiger partial charge in [0.25, 0.3) is 0 Å². The van der Waals surface area contributed by atoms with Gasteiger partial charge in [0.15, 0.2) is 0 Å². The van der Waals surface area contributed by atoms with Gasteiger partial charge in [-0.1, -0.05) is 12.1 Å². The summed E-state index contributed by atoms with van der Waals surface area (Å²) in [7, 11) is 2.08. The van der Waals surface area contributed by atoms with Gasteiger partial charge in [0.05, 0.1) is 6.61 Å². The first-order chi connectivity index (χ1) is 9.63. The molecule has 3 rings (SSSR count). The van der Waals surface area contributed by atoms with Crippen LogP contribution in [0.4, 0.5) is 0 Å². The fourth-order valence-corrected chi connectivity index (χ4v) is 3.79. The summed E-state index contributed by atoms with van der Waals surface area (Å²) in [6, 6.07) is 7.05. The molecule has 3 nitrogen and oxygen atoms in total. The summed E-state index contributed by atoms with van der Waals surface area (Å²) >= 11 is 0. The molecule has 0 aliphatic carbocycles. The van der Waals surface area contributed by atoms with E-state index in [1.165, 1.54) is 37.1 Å². The molecule has 2 aliphatic rings. The fourth-order valence-electron chi connectivity index (χ4n) is 3.79. The molecule has 1 atom stereocenters. The molecule has 0 bridgehead atoms. The predicted molar refractivity (Wildman–Crippen MR) is 82.3 cm³/mol. The van der Waals surface area contributed by atoms with Gasteiger partial charge in [-0.3, -0.25) is 4.90 Å². The molecule has 20 heavy (non-hydrogen) atoms. The Kier molecular flexibility index (Phi) is 3.74. The maximum absolute atomic E-state index is 5.62. The van der Waals surface area contributed by atoms with Crippen LogP contribution in [0.3, 0.4) is 0 Å². The lowest BCUT2D eigenvalue weighted by molar-refractivity contribution is 0.110. The molecule has 1 fully saturated rings. The molecule has 0 saturated carbocycles. The Morgan fingerprint density at radius 3 is 2.70 bits per heavy atom. The third-order valence-corrected chi connectivity index (χ3v) is 4.96. The molecule has 1 unspecified atom stereocenters. The summed E-state index contributed by atoms with van der Waals surface area (Å²) in [5.41, 5.74) is 2.88. The highest BCUT2D eigenvalue weighted by Gasteiger charge is 2.37. The number of nitrogens with zero attached hydrogens (tertiary/aromatic N) is 1. The van der Waals surface area contributed by atoms with Crippen molar-refractivity contribution in [1.82, 2.24) is 10.2 Å². The highest BCUT2D eigenvalue weighted by Crippen LogP contribution is 2.36. The van der Waals surface area contributed by atoms with Crippen molar-refractivity contribution in [1.29, 1.82) is 0 Å². The van der Waals surface area contributed by atoms with Gasteiger partial charge in [0.1, 0.15) is 5.75 Å². The van der Waals surface area contributed by atoms with Crippen LogP contribution in [0, 0.1) is 0 Å². The number of hydrogen-bond acceptors (Lipinski definition) is 3. The SMILES string of the molecule is CNC(c1ccc2c(c1)CCO2)C(C)(C)N1CCCC1. The van der Waals surface area contributed by atoms with Crippen LogP contribution in [0.5, 0.6) is 5.75 Å². The minimum atomic E-state index is 0.138. The van der Waals surface area contributed by atoms with Gasteiger partial charge in [0, 0.05) is 18.0 Å². The molecule has 0 aromatic heterocycles. The molecule has 1 saturated heterocycles. The van der Waals surface area contributed by atoms with E-state index in [2.05, 4.69) is 49.3 Å². The summed E-state index contributed by atoms with van der Waals surface area (Å²) in [5.74, 6) is 1.07. The fraction of sp³-hybridized carbons (Fsp3) is 0.647. The first-order valence-electron chi connectivity index (χ1n) is 7.81. The molecule has 0 spiro atoms. The summed E-state index contributed by atoms with van der Waals surface area (Å²) in [6.07, 6.45) is 3.71.